The summed E-state index contributed by atoms with van der Waals surface area (Å²) in [5.41, 5.74) is 7.61. The van der Waals surface area contributed by atoms with Gasteiger partial charge in [0.1, 0.15) is 0 Å². The second-order valence-corrected chi connectivity index (χ2v) is 5.01. The minimum Gasteiger partial charge on any atom is -0.336 e. The van der Waals surface area contributed by atoms with E-state index in [0.717, 1.165) is 37.3 Å². The third-order valence-corrected chi connectivity index (χ3v) is 3.47. The topological polar surface area (TPSA) is 49.6 Å². The fraction of sp³-hybridized carbons (Fsp3) is 0.500. The van der Waals surface area contributed by atoms with Crippen molar-refractivity contribution in [2.24, 2.45) is 5.73 Å². The van der Waals surface area contributed by atoms with Crippen LogP contribution in [0.3, 0.4) is 0 Å². The van der Waals surface area contributed by atoms with E-state index in [0.29, 0.717) is 0 Å². The number of rotatable bonds is 2. The molecule has 0 saturated carbocycles. The summed E-state index contributed by atoms with van der Waals surface area (Å²) in [5.74, 6) is 0.124. The molecule has 1 amide bonds. The van der Waals surface area contributed by atoms with Crippen molar-refractivity contribution in [3.63, 3.8) is 0 Å². The lowest BCUT2D eigenvalue weighted by Crippen LogP contribution is -2.47. The van der Waals surface area contributed by atoms with Gasteiger partial charge in [-0.3, -0.25) is 4.79 Å². The van der Waals surface area contributed by atoms with Crippen molar-refractivity contribution in [1.29, 1.82) is 0 Å². The van der Waals surface area contributed by atoms with Crippen molar-refractivity contribution >= 4 is 5.91 Å². The van der Waals surface area contributed by atoms with Gasteiger partial charge in [-0.25, -0.2) is 0 Å². The van der Waals surface area contributed by atoms with Gasteiger partial charge in [-0.1, -0.05) is 12.1 Å². The monoisotopic (exact) mass is 247 g/mol. The van der Waals surface area contributed by atoms with E-state index in [1.807, 2.05) is 36.1 Å². The SMILES string of the molecule is CC(N)c1ccc(C(=O)N2CCN(C)CC2)cc1. The summed E-state index contributed by atoms with van der Waals surface area (Å²) in [7, 11) is 2.08. The molecule has 98 valence electrons. The van der Waals surface area contributed by atoms with Gasteiger partial charge in [0.2, 0.25) is 0 Å². The van der Waals surface area contributed by atoms with Crippen LogP contribution >= 0.6 is 0 Å². The fourth-order valence-corrected chi connectivity index (χ4v) is 2.12. The molecule has 1 aliphatic rings. The molecule has 1 aliphatic heterocycles. The second-order valence-electron chi connectivity index (χ2n) is 5.01. The molecule has 2 rings (SSSR count). The largest absolute Gasteiger partial charge is 0.336 e. The lowest BCUT2D eigenvalue weighted by molar-refractivity contribution is 0.0664. The molecule has 1 unspecified atom stereocenters. The van der Waals surface area contributed by atoms with E-state index in [1.54, 1.807) is 0 Å². The number of likely N-dealkylation sites (N-methyl/N-ethyl adjacent to an activating group) is 1. The summed E-state index contributed by atoms with van der Waals surface area (Å²) in [4.78, 5) is 16.4. The Morgan fingerprint density at radius 3 is 2.22 bits per heavy atom. The average Bonchev–Trinajstić information content (AvgIpc) is 2.39. The Labute approximate surface area is 108 Å². The van der Waals surface area contributed by atoms with Gasteiger partial charge < -0.3 is 15.5 Å². The number of nitrogens with two attached hydrogens (primary N) is 1. The number of carbonyl (C=O) groups is 1. The summed E-state index contributed by atoms with van der Waals surface area (Å²) >= 11 is 0. The lowest BCUT2D eigenvalue weighted by atomic mass is 10.1. The minimum absolute atomic E-state index is 0.0118. The first-order chi connectivity index (χ1) is 8.58. The molecule has 4 heteroatoms. The number of nitrogens with zero attached hydrogens (tertiary/aromatic N) is 2. The van der Waals surface area contributed by atoms with Crippen molar-refractivity contribution in [3.05, 3.63) is 35.4 Å². The maximum atomic E-state index is 12.3. The zero-order valence-corrected chi connectivity index (χ0v) is 11.1. The Morgan fingerprint density at radius 1 is 1.17 bits per heavy atom. The lowest BCUT2D eigenvalue weighted by Gasteiger charge is -2.32. The Hall–Kier alpha value is -1.39. The third kappa shape index (κ3) is 2.89. The van der Waals surface area contributed by atoms with E-state index in [4.69, 9.17) is 5.73 Å². The summed E-state index contributed by atoms with van der Waals surface area (Å²) in [6.45, 7) is 5.46. The van der Waals surface area contributed by atoms with E-state index in [2.05, 4.69) is 11.9 Å². The molecule has 1 heterocycles. The average molecular weight is 247 g/mol. The first-order valence-corrected chi connectivity index (χ1v) is 6.41. The van der Waals surface area contributed by atoms with Gasteiger partial charge in [-0.15, -0.1) is 0 Å². The van der Waals surface area contributed by atoms with Crippen LogP contribution < -0.4 is 5.73 Å². The van der Waals surface area contributed by atoms with Crippen LogP contribution in [0.15, 0.2) is 24.3 Å². The van der Waals surface area contributed by atoms with Crippen molar-refractivity contribution < 1.29 is 4.79 Å². The second kappa shape index (κ2) is 5.50. The summed E-state index contributed by atoms with van der Waals surface area (Å²) < 4.78 is 0. The maximum Gasteiger partial charge on any atom is 0.253 e. The number of hydrogen-bond acceptors (Lipinski definition) is 3. The molecule has 1 atom stereocenters. The molecule has 18 heavy (non-hydrogen) atoms. The molecule has 1 aromatic carbocycles. The summed E-state index contributed by atoms with van der Waals surface area (Å²) in [6, 6.07) is 7.64. The van der Waals surface area contributed by atoms with Crippen LogP contribution in [0.4, 0.5) is 0 Å². The van der Waals surface area contributed by atoms with Crippen LogP contribution in [-0.4, -0.2) is 48.9 Å². The smallest absolute Gasteiger partial charge is 0.253 e. The molecule has 0 radical (unpaired) electrons. The van der Waals surface area contributed by atoms with Gasteiger partial charge in [0.05, 0.1) is 0 Å². The van der Waals surface area contributed by atoms with Crippen LogP contribution in [-0.2, 0) is 0 Å². The third-order valence-electron chi connectivity index (χ3n) is 3.47. The molecule has 1 saturated heterocycles. The Bertz CT molecular complexity index is 406. The summed E-state index contributed by atoms with van der Waals surface area (Å²) in [5, 5.41) is 0. The van der Waals surface area contributed by atoms with Crippen LogP contribution in [0.25, 0.3) is 0 Å². The first kappa shape index (κ1) is 13.1. The number of piperazine rings is 1. The highest BCUT2D eigenvalue weighted by Crippen LogP contribution is 2.13. The summed E-state index contributed by atoms with van der Waals surface area (Å²) in [6.07, 6.45) is 0. The molecule has 0 bridgehead atoms. The van der Waals surface area contributed by atoms with Crippen LogP contribution in [0.2, 0.25) is 0 Å². The van der Waals surface area contributed by atoms with E-state index in [1.165, 1.54) is 0 Å². The molecule has 0 aliphatic carbocycles. The Morgan fingerprint density at radius 2 is 1.72 bits per heavy atom. The first-order valence-electron chi connectivity index (χ1n) is 6.41. The maximum absolute atomic E-state index is 12.3. The Kier molecular flexibility index (Phi) is 3.99. The molecular weight excluding hydrogens is 226 g/mol. The van der Waals surface area contributed by atoms with Gasteiger partial charge in [0, 0.05) is 37.8 Å². The van der Waals surface area contributed by atoms with Crippen molar-refractivity contribution in [3.8, 4) is 0 Å². The van der Waals surface area contributed by atoms with Crippen LogP contribution in [0.5, 0.6) is 0 Å². The van der Waals surface area contributed by atoms with Crippen molar-refractivity contribution in [1.82, 2.24) is 9.80 Å². The highest BCUT2D eigenvalue weighted by Gasteiger charge is 2.20. The standard InChI is InChI=1S/C14H21N3O/c1-11(15)12-3-5-13(6-4-12)14(18)17-9-7-16(2)8-10-17/h3-6,11H,7-10,15H2,1-2H3. The molecule has 4 nitrogen and oxygen atoms in total. The number of benzene rings is 1. The highest BCUT2D eigenvalue weighted by atomic mass is 16.2. The molecule has 0 aromatic heterocycles. The predicted octanol–water partition coefficient (Wildman–Crippen LogP) is 1.09. The van der Waals surface area contributed by atoms with Crippen LogP contribution in [0.1, 0.15) is 28.9 Å². The van der Waals surface area contributed by atoms with E-state index in [9.17, 15) is 4.79 Å². The molecule has 1 fully saturated rings. The zero-order chi connectivity index (χ0) is 13.1. The fourth-order valence-electron chi connectivity index (χ4n) is 2.12. The van der Waals surface area contributed by atoms with Gasteiger partial charge in [0.25, 0.3) is 5.91 Å². The Balaban J connectivity index is 2.04. The molecule has 2 N–H and O–H groups in total. The van der Waals surface area contributed by atoms with Crippen LogP contribution in [0, 0.1) is 0 Å². The quantitative estimate of drug-likeness (QED) is 0.851. The van der Waals surface area contributed by atoms with Gasteiger partial charge >= 0.3 is 0 Å². The van der Waals surface area contributed by atoms with E-state index >= 15 is 0 Å². The van der Waals surface area contributed by atoms with Crippen molar-refractivity contribution in [2.75, 3.05) is 33.2 Å². The van der Waals surface area contributed by atoms with E-state index < -0.39 is 0 Å². The van der Waals surface area contributed by atoms with Gasteiger partial charge in [-0.2, -0.15) is 0 Å². The highest BCUT2D eigenvalue weighted by molar-refractivity contribution is 5.94. The van der Waals surface area contributed by atoms with Crippen molar-refractivity contribution in [2.45, 2.75) is 13.0 Å². The van der Waals surface area contributed by atoms with E-state index in [-0.39, 0.29) is 11.9 Å². The normalized spacial score (nSPS) is 18.7. The zero-order valence-electron chi connectivity index (χ0n) is 11.1. The minimum atomic E-state index is 0.0118. The predicted molar refractivity (Wildman–Crippen MR) is 72.4 cm³/mol. The number of hydrogen-bond donors (Lipinski definition) is 1. The van der Waals surface area contributed by atoms with Gasteiger partial charge in [-0.05, 0) is 31.7 Å². The van der Waals surface area contributed by atoms with Gasteiger partial charge in [0.15, 0.2) is 0 Å². The molecule has 0 spiro atoms. The number of carbonyl (C=O) groups excluding carboxylic acids is 1. The number of amides is 1. The molecular formula is C14H21N3O. The molecule has 1 aromatic rings.